The van der Waals surface area contributed by atoms with Crippen molar-refractivity contribution < 1.29 is 19.4 Å². The summed E-state index contributed by atoms with van der Waals surface area (Å²) in [7, 11) is 0. The molecule has 7 heteroatoms. The van der Waals surface area contributed by atoms with Crippen molar-refractivity contribution in [2.24, 2.45) is 10.4 Å². The van der Waals surface area contributed by atoms with Crippen LogP contribution in [0.15, 0.2) is 40.1 Å². The Balaban J connectivity index is 1.72. The molecule has 2 N–H and O–H groups in total. The molecule has 0 aromatic carbocycles. The summed E-state index contributed by atoms with van der Waals surface area (Å²) in [6, 6.07) is 0. The van der Waals surface area contributed by atoms with E-state index >= 15 is 0 Å². The molecule has 0 saturated carbocycles. The largest absolute Gasteiger partial charge is 0.478 e. The molecule has 7 nitrogen and oxygen atoms in total. The number of ether oxygens (including phenoxy) is 2. The zero-order valence-corrected chi connectivity index (χ0v) is 18.0. The number of rotatable bonds is 6. The van der Waals surface area contributed by atoms with Crippen molar-refractivity contribution in [3.8, 4) is 0 Å². The molecule has 160 valence electrons. The van der Waals surface area contributed by atoms with Crippen molar-refractivity contribution in [2.45, 2.75) is 52.3 Å². The lowest BCUT2D eigenvalue weighted by molar-refractivity contribution is -0.173. The monoisotopic (exact) mass is 403 g/mol. The zero-order chi connectivity index (χ0) is 21.2. The maximum Gasteiger partial charge on any atom is 0.337 e. The Kier molecular flexibility index (Phi) is 6.31. The summed E-state index contributed by atoms with van der Waals surface area (Å²) >= 11 is 0. The van der Waals surface area contributed by atoms with Crippen molar-refractivity contribution >= 4 is 12.3 Å². The molecule has 3 aliphatic heterocycles. The van der Waals surface area contributed by atoms with E-state index in [-0.39, 0.29) is 17.1 Å². The Morgan fingerprint density at radius 1 is 1.45 bits per heavy atom. The summed E-state index contributed by atoms with van der Waals surface area (Å²) in [6.07, 6.45) is 4.69. The summed E-state index contributed by atoms with van der Waals surface area (Å²) in [4.78, 5) is 18.7. The van der Waals surface area contributed by atoms with Gasteiger partial charge in [0.15, 0.2) is 0 Å². The van der Waals surface area contributed by atoms with Gasteiger partial charge in [-0.2, -0.15) is 0 Å². The smallest absolute Gasteiger partial charge is 0.337 e. The van der Waals surface area contributed by atoms with Crippen LogP contribution in [0.1, 0.15) is 40.5 Å². The van der Waals surface area contributed by atoms with Crippen LogP contribution in [0.25, 0.3) is 0 Å². The lowest BCUT2D eigenvalue weighted by Gasteiger charge is -2.49. The fourth-order valence-corrected chi connectivity index (χ4v) is 4.15. The second-order valence-electron chi connectivity index (χ2n) is 8.91. The van der Waals surface area contributed by atoms with Crippen molar-refractivity contribution in [1.29, 1.82) is 0 Å². The minimum atomic E-state index is -0.994. The average molecular weight is 404 g/mol. The molecule has 0 aliphatic carbocycles. The number of hydrogen-bond acceptors (Lipinski definition) is 6. The minimum absolute atomic E-state index is 0.159. The maximum atomic E-state index is 11.6. The topological polar surface area (TPSA) is 83.4 Å². The molecular weight excluding hydrogens is 370 g/mol. The highest BCUT2D eigenvalue weighted by Crippen LogP contribution is 2.35. The van der Waals surface area contributed by atoms with Gasteiger partial charge in [-0.05, 0) is 31.4 Å². The van der Waals surface area contributed by atoms with Crippen LogP contribution in [0.3, 0.4) is 0 Å². The molecule has 0 spiro atoms. The number of carboxylic acid groups (broad SMARTS) is 1. The molecular formula is C22H33N3O4. The first-order chi connectivity index (χ1) is 13.7. The predicted octanol–water partition coefficient (Wildman–Crippen LogP) is 2.71. The van der Waals surface area contributed by atoms with E-state index in [1.165, 1.54) is 6.20 Å². The fraction of sp³-hybridized carbons (Fsp3) is 0.636. The first-order valence-corrected chi connectivity index (χ1v) is 10.2. The number of nitrogens with one attached hydrogen (secondary N) is 1. The number of carbonyl (C=O) groups is 1. The number of likely N-dealkylation sites (tertiary alicyclic amines) is 1. The van der Waals surface area contributed by atoms with Gasteiger partial charge in [0.2, 0.25) is 0 Å². The van der Waals surface area contributed by atoms with Gasteiger partial charge in [0.25, 0.3) is 0 Å². The van der Waals surface area contributed by atoms with Crippen molar-refractivity contribution in [3.63, 3.8) is 0 Å². The van der Waals surface area contributed by atoms with Crippen LogP contribution in [-0.4, -0.2) is 67.0 Å². The first kappa shape index (κ1) is 21.7. The second kappa shape index (κ2) is 8.42. The molecule has 0 amide bonds. The van der Waals surface area contributed by atoms with Gasteiger partial charge in [-0.1, -0.05) is 26.0 Å². The Hall–Kier alpha value is -1.96. The lowest BCUT2D eigenvalue weighted by atomic mass is 9.88. The number of aliphatic imine (C=N–C) groups is 1. The van der Waals surface area contributed by atoms with Gasteiger partial charge in [-0.15, -0.1) is 0 Å². The number of allylic oxidation sites excluding steroid dienone is 1. The summed E-state index contributed by atoms with van der Waals surface area (Å²) in [6.45, 7) is 16.4. The molecule has 0 aromatic rings. The van der Waals surface area contributed by atoms with Gasteiger partial charge < -0.3 is 19.9 Å². The van der Waals surface area contributed by atoms with Crippen molar-refractivity contribution in [1.82, 2.24) is 10.2 Å². The number of aliphatic carboxylic acids is 1. The van der Waals surface area contributed by atoms with Crippen LogP contribution < -0.4 is 5.32 Å². The van der Waals surface area contributed by atoms with E-state index in [0.29, 0.717) is 12.0 Å². The average Bonchev–Trinajstić information content (AvgIpc) is 2.58. The highest BCUT2D eigenvalue weighted by molar-refractivity contribution is 5.93. The third-order valence-corrected chi connectivity index (χ3v) is 6.13. The predicted molar refractivity (Wildman–Crippen MR) is 113 cm³/mol. The summed E-state index contributed by atoms with van der Waals surface area (Å²) in [5, 5.41) is 12.4. The molecule has 2 fully saturated rings. The van der Waals surface area contributed by atoms with Crippen LogP contribution in [0.2, 0.25) is 0 Å². The highest BCUT2D eigenvalue weighted by Gasteiger charge is 2.43. The Bertz CT molecular complexity index is 760. The van der Waals surface area contributed by atoms with Crippen molar-refractivity contribution in [3.05, 3.63) is 35.1 Å². The molecule has 3 heterocycles. The van der Waals surface area contributed by atoms with Crippen molar-refractivity contribution in [2.75, 3.05) is 32.9 Å². The van der Waals surface area contributed by atoms with Gasteiger partial charge in [0.05, 0.1) is 37.8 Å². The van der Waals surface area contributed by atoms with E-state index in [2.05, 4.69) is 37.6 Å². The maximum absolute atomic E-state index is 11.6. The van der Waals surface area contributed by atoms with E-state index in [4.69, 9.17) is 14.5 Å². The molecule has 1 atom stereocenters. The molecule has 3 aliphatic rings. The standard InChI is InChI=1S/C22H33N3O4/c1-6-18-15(2)7-22(5,24-14-23-8-19(16(18)3)20(26)27)25-9-17(10-25)29-13-21(4)11-28-12-21/h8,14,17H,3,6-7,9-13H2,1-2,4-5H3,(H,23,24)(H,26,27)/b18-15+,19-8+. The van der Waals surface area contributed by atoms with E-state index < -0.39 is 11.6 Å². The SMILES string of the molecule is C=C1/C(C(=O)O)=C\N/C=N/C(C)(N2CC(OCC3(C)COC3)C2)C/C(C)=C/1CC. The Labute approximate surface area is 173 Å². The van der Waals surface area contributed by atoms with E-state index in [9.17, 15) is 9.90 Å². The minimum Gasteiger partial charge on any atom is -0.478 e. The first-order valence-electron chi connectivity index (χ1n) is 10.2. The molecule has 1 unspecified atom stereocenters. The van der Waals surface area contributed by atoms with Gasteiger partial charge in [-0.25, -0.2) is 4.79 Å². The lowest BCUT2D eigenvalue weighted by Crippen LogP contribution is -2.62. The van der Waals surface area contributed by atoms with Gasteiger partial charge in [0.1, 0.15) is 5.66 Å². The van der Waals surface area contributed by atoms with Crippen LogP contribution in [-0.2, 0) is 14.3 Å². The molecule has 29 heavy (non-hydrogen) atoms. The molecule has 0 aromatic heterocycles. The highest BCUT2D eigenvalue weighted by atomic mass is 16.5. The zero-order valence-electron chi connectivity index (χ0n) is 18.0. The summed E-state index contributed by atoms with van der Waals surface area (Å²) in [5.74, 6) is -0.994. The molecule has 0 radical (unpaired) electrons. The quantitative estimate of drug-likeness (QED) is 0.710. The molecule has 0 bridgehead atoms. The Morgan fingerprint density at radius 3 is 2.69 bits per heavy atom. The van der Waals surface area contributed by atoms with E-state index in [0.717, 1.165) is 50.5 Å². The number of hydrogen-bond donors (Lipinski definition) is 2. The van der Waals surface area contributed by atoms with E-state index in [1.807, 2.05) is 6.92 Å². The molecule has 3 rings (SSSR count). The molecule has 2 saturated heterocycles. The van der Waals surface area contributed by atoms with Crippen LogP contribution in [0.4, 0.5) is 0 Å². The van der Waals surface area contributed by atoms with Gasteiger partial charge >= 0.3 is 5.97 Å². The fourth-order valence-electron chi connectivity index (χ4n) is 4.15. The third-order valence-electron chi connectivity index (χ3n) is 6.13. The summed E-state index contributed by atoms with van der Waals surface area (Å²) in [5.41, 5.74) is 2.57. The van der Waals surface area contributed by atoms with Crippen LogP contribution in [0.5, 0.6) is 0 Å². The van der Waals surface area contributed by atoms with Crippen LogP contribution >= 0.6 is 0 Å². The summed E-state index contributed by atoms with van der Waals surface area (Å²) < 4.78 is 11.4. The van der Waals surface area contributed by atoms with Gasteiger partial charge in [0, 0.05) is 31.1 Å². The Morgan fingerprint density at radius 2 is 2.14 bits per heavy atom. The third kappa shape index (κ3) is 4.63. The number of carboxylic acids is 1. The normalized spacial score (nSPS) is 33.7. The van der Waals surface area contributed by atoms with Crippen LogP contribution in [0, 0.1) is 5.41 Å². The second-order valence-corrected chi connectivity index (χ2v) is 8.91. The number of nitrogens with zero attached hydrogens (tertiary/aromatic N) is 2. The van der Waals surface area contributed by atoms with Gasteiger partial charge in [-0.3, -0.25) is 9.89 Å². The van der Waals surface area contributed by atoms with E-state index in [1.54, 1.807) is 6.34 Å².